The molecular weight excluding hydrogens is 472 g/mol. The maximum Gasteiger partial charge on any atom is 0.343 e. The summed E-state index contributed by atoms with van der Waals surface area (Å²) in [5.74, 6) is 0.997. The van der Waals surface area contributed by atoms with Gasteiger partial charge in [0.15, 0.2) is 18.1 Å². The lowest BCUT2D eigenvalue weighted by Crippen LogP contribution is -2.24. The molecule has 0 radical (unpaired) electrons. The first kappa shape index (κ1) is 27.3. The number of methoxy groups -OCH3 is 1. The summed E-state index contributed by atoms with van der Waals surface area (Å²) >= 11 is 0. The smallest absolute Gasteiger partial charge is 0.343 e. The van der Waals surface area contributed by atoms with Crippen LogP contribution in [0, 0.1) is 0 Å². The van der Waals surface area contributed by atoms with Gasteiger partial charge in [-0.25, -0.2) is 10.2 Å². The highest BCUT2D eigenvalue weighted by Gasteiger charge is 2.13. The standard InChI is InChI=1S/C29H32N2O6/c1-4-6-7-21-8-13-25(14-9-21)36-20-28(32)31-30-19-22-10-17-26(27(18-22)34-3)37-29(33)23-11-15-24(16-12-23)35-5-2/h8-19H,4-7,20H2,1-3H3,(H,31,32)/b30-19-. The molecule has 0 aliphatic carbocycles. The quantitative estimate of drug-likeness (QED) is 0.149. The molecule has 0 fully saturated rings. The van der Waals surface area contributed by atoms with E-state index in [2.05, 4.69) is 17.5 Å². The van der Waals surface area contributed by atoms with Crippen LogP contribution >= 0.6 is 0 Å². The van der Waals surface area contributed by atoms with Crippen molar-refractivity contribution in [1.82, 2.24) is 5.43 Å². The van der Waals surface area contributed by atoms with E-state index in [1.807, 2.05) is 31.2 Å². The molecule has 0 saturated carbocycles. The van der Waals surface area contributed by atoms with Crippen molar-refractivity contribution in [1.29, 1.82) is 0 Å². The van der Waals surface area contributed by atoms with Gasteiger partial charge in [-0.15, -0.1) is 0 Å². The second kappa shape index (κ2) is 14.3. The summed E-state index contributed by atoms with van der Waals surface area (Å²) in [6.07, 6.45) is 4.78. The van der Waals surface area contributed by atoms with Gasteiger partial charge in [0.2, 0.25) is 0 Å². The molecule has 194 valence electrons. The fraction of sp³-hybridized carbons (Fsp3) is 0.276. The minimum absolute atomic E-state index is 0.157. The van der Waals surface area contributed by atoms with Crippen LogP contribution in [-0.2, 0) is 11.2 Å². The molecule has 0 saturated heterocycles. The van der Waals surface area contributed by atoms with Crippen LogP contribution in [0.3, 0.4) is 0 Å². The normalized spacial score (nSPS) is 10.7. The Hall–Kier alpha value is -4.33. The number of aryl methyl sites for hydroxylation is 1. The lowest BCUT2D eigenvalue weighted by molar-refractivity contribution is -0.123. The summed E-state index contributed by atoms with van der Waals surface area (Å²) in [6.45, 7) is 4.43. The number of hydrogen-bond acceptors (Lipinski definition) is 7. The van der Waals surface area contributed by atoms with Crippen molar-refractivity contribution in [3.05, 3.63) is 83.4 Å². The van der Waals surface area contributed by atoms with E-state index in [0.717, 1.165) is 19.3 Å². The molecule has 0 unspecified atom stereocenters. The topological polar surface area (TPSA) is 95.5 Å². The van der Waals surface area contributed by atoms with Gasteiger partial charge in [0.05, 0.1) is 25.5 Å². The molecular formula is C29H32N2O6. The third kappa shape index (κ3) is 8.68. The summed E-state index contributed by atoms with van der Waals surface area (Å²) in [5.41, 5.74) is 4.70. The second-order valence-electron chi connectivity index (χ2n) is 8.09. The lowest BCUT2D eigenvalue weighted by Gasteiger charge is -2.10. The Bertz CT molecular complexity index is 1190. The molecule has 3 aromatic rings. The van der Waals surface area contributed by atoms with Gasteiger partial charge in [-0.3, -0.25) is 4.79 Å². The fourth-order valence-electron chi connectivity index (χ4n) is 3.35. The van der Waals surface area contributed by atoms with Crippen molar-refractivity contribution in [2.45, 2.75) is 33.1 Å². The average molecular weight is 505 g/mol. The predicted octanol–water partition coefficient (Wildman–Crippen LogP) is 5.18. The van der Waals surface area contributed by atoms with Crippen molar-refractivity contribution in [3.8, 4) is 23.0 Å². The molecule has 0 spiro atoms. The molecule has 8 nitrogen and oxygen atoms in total. The Balaban J connectivity index is 1.50. The molecule has 37 heavy (non-hydrogen) atoms. The number of hydrazone groups is 1. The minimum atomic E-state index is -0.523. The summed E-state index contributed by atoms with van der Waals surface area (Å²) < 4.78 is 21.7. The number of unbranched alkanes of at least 4 members (excludes halogenated alkanes) is 1. The van der Waals surface area contributed by atoms with E-state index in [9.17, 15) is 9.59 Å². The Morgan fingerprint density at radius 1 is 0.892 bits per heavy atom. The number of benzene rings is 3. The fourth-order valence-corrected chi connectivity index (χ4v) is 3.35. The third-order valence-corrected chi connectivity index (χ3v) is 5.31. The molecule has 0 atom stereocenters. The van der Waals surface area contributed by atoms with Gasteiger partial charge < -0.3 is 18.9 Å². The molecule has 3 rings (SSSR count). The van der Waals surface area contributed by atoms with E-state index in [1.54, 1.807) is 42.5 Å². The van der Waals surface area contributed by atoms with Crippen molar-refractivity contribution >= 4 is 18.1 Å². The first-order chi connectivity index (χ1) is 18.0. The van der Waals surface area contributed by atoms with Crippen molar-refractivity contribution in [2.75, 3.05) is 20.3 Å². The van der Waals surface area contributed by atoms with Gasteiger partial charge in [-0.1, -0.05) is 25.5 Å². The van der Waals surface area contributed by atoms with Crippen molar-refractivity contribution < 1.29 is 28.5 Å². The lowest BCUT2D eigenvalue weighted by atomic mass is 10.1. The Morgan fingerprint density at radius 2 is 1.59 bits per heavy atom. The first-order valence-electron chi connectivity index (χ1n) is 12.2. The Kier molecular flexibility index (Phi) is 10.5. The number of esters is 1. The highest BCUT2D eigenvalue weighted by Crippen LogP contribution is 2.28. The molecule has 0 aliphatic rings. The van der Waals surface area contributed by atoms with E-state index < -0.39 is 5.97 Å². The maximum atomic E-state index is 12.5. The molecule has 8 heteroatoms. The largest absolute Gasteiger partial charge is 0.494 e. The summed E-state index contributed by atoms with van der Waals surface area (Å²) in [7, 11) is 1.47. The molecule has 0 aliphatic heterocycles. The van der Waals surface area contributed by atoms with Crippen LogP contribution in [0.5, 0.6) is 23.0 Å². The van der Waals surface area contributed by atoms with Crippen LogP contribution in [0.2, 0.25) is 0 Å². The van der Waals surface area contributed by atoms with E-state index in [4.69, 9.17) is 18.9 Å². The predicted molar refractivity (Wildman–Crippen MR) is 142 cm³/mol. The monoisotopic (exact) mass is 504 g/mol. The molecule has 0 heterocycles. The number of carbonyl (C=O) groups is 2. The van der Waals surface area contributed by atoms with Crippen LogP contribution in [-0.4, -0.2) is 38.4 Å². The Morgan fingerprint density at radius 3 is 2.27 bits per heavy atom. The maximum absolute atomic E-state index is 12.5. The number of rotatable bonds is 13. The molecule has 1 N–H and O–H groups in total. The second-order valence-corrected chi connectivity index (χ2v) is 8.09. The highest BCUT2D eigenvalue weighted by molar-refractivity contribution is 5.92. The minimum Gasteiger partial charge on any atom is -0.494 e. The van der Waals surface area contributed by atoms with Crippen LogP contribution < -0.4 is 24.4 Å². The van der Waals surface area contributed by atoms with Gasteiger partial charge >= 0.3 is 5.97 Å². The average Bonchev–Trinajstić information content (AvgIpc) is 2.92. The van der Waals surface area contributed by atoms with E-state index in [0.29, 0.717) is 35.0 Å². The zero-order valence-corrected chi connectivity index (χ0v) is 21.4. The van der Waals surface area contributed by atoms with E-state index >= 15 is 0 Å². The van der Waals surface area contributed by atoms with Crippen LogP contribution in [0.4, 0.5) is 0 Å². The summed E-state index contributed by atoms with van der Waals surface area (Å²) in [4.78, 5) is 24.6. The number of hydrogen-bond donors (Lipinski definition) is 1. The molecule has 3 aromatic carbocycles. The highest BCUT2D eigenvalue weighted by atomic mass is 16.6. The van der Waals surface area contributed by atoms with Gasteiger partial charge in [0.25, 0.3) is 5.91 Å². The summed E-state index contributed by atoms with van der Waals surface area (Å²) in [6, 6.07) is 19.4. The number of ether oxygens (including phenoxy) is 4. The van der Waals surface area contributed by atoms with Gasteiger partial charge in [-0.2, -0.15) is 5.10 Å². The molecule has 0 bridgehead atoms. The number of nitrogens with one attached hydrogen (secondary N) is 1. The van der Waals surface area contributed by atoms with Crippen molar-refractivity contribution in [2.24, 2.45) is 5.10 Å². The number of amides is 1. The molecule has 1 amide bonds. The van der Waals surface area contributed by atoms with Crippen LogP contribution in [0.15, 0.2) is 71.8 Å². The van der Waals surface area contributed by atoms with E-state index in [-0.39, 0.29) is 18.3 Å². The van der Waals surface area contributed by atoms with Gasteiger partial charge in [0, 0.05) is 0 Å². The number of nitrogens with zero attached hydrogens (tertiary/aromatic N) is 1. The zero-order chi connectivity index (χ0) is 26.5. The zero-order valence-electron chi connectivity index (χ0n) is 21.4. The number of carbonyl (C=O) groups excluding carboxylic acids is 2. The third-order valence-electron chi connectivity index (χ3n) is 5.31. The van der Waals surface area contributed by atoms with E-state index in [1.165, 1.54) is 18.9 Å². The van der Waals surface area contributed by atoms with Gasteiger partial charge in [-0.05, 0) is 85.5 Å². The van der Waals surface area contributed by atoms with Gasteiger partial charge in [0.1, 0.15) is 11.5 Å². The Labute approximate surface area is 217 Å². The van der Waals surface area contributed by atoms with Crippen molar-refractivity contribution in [3.63, 3.8) is 0 Å². The first-order valence-corrected chi connectivity index (χ1v) is 12.2. The van der Waals surface area contributed by atoms with Crippen LogP contribution in [0.25, 0.3) is 0 Å². The van der Waals surface area contributed by atoms with Crippen LogP contribution in [0.1, 0.15) is 48.2 Å². The SMILES string of the molecule is CCCCc1ccc(OCC(=O)N/N=C\c2ccc(OC(=O)c3ccc(OCC)cc3)c(OC)c2)cc1. The molecule has 0 aromatic heterocycles. The summed E-state index contributed by atoms with van der Waals surface area (Å²) in [5, 5.41) is 3.96.